The van der Waals surface area contributed by atoms with Crippen LogP contribution in [0.2, 0.25) is 0 Å². The van der Waals surface area contributed by atoms with Crippen molar-refractivity contribution in [2.24, 2.45) is 0 Å². The average Bonchev–Trinajstić information content (AvgIpc) is 3.68. The Balaban J connectivity index is 0.939. The predicted octanol–water partition coefficient (Wildman–Crippen LogP) is 15.2. The summed E-state index contributed by atoms with van der Waals surface area (Å²) in [6.45, 7) is 0. The number of aromatic nitrogens is 2. The van der Waals surface area contributed by atoms with Gasteiger partial charge in [-0.15, -0.1) is 11.3 Å². The van der Waals surface area contributed by atoms with Crippen LogP contribution in [0, 0.1) is 0 Å². The molecular weight excluding hydrogens is 733 g/mol. The molecule has 1 aliphatic carbocycles. The zero-order valence-electron chi connectivity index (χ0n) is 32.3. The standard InChI is InChI=1S/C56H38N2S/c1-3-14-41(15-4-1)51-36-52(42-16-5-2-6-17-42)58-56(57-51)43-31-25-37(26-32-43)44-33-34-49-45(35-44)19-12-23-48(54-50-21-9-10-24-53(50)59-55(49)54)40-29-27-39(28-30-40)47-22-11-18-38-13-7-8-20-46(38)47/h1-11,13-18,20-36H,12,19H2. The Hall–Kier alpha value is -7.20. The smallest absolute Gasteiger partial charge is 0.160 e. The molecule has 8 aromatic carbocycles. The van der Waals surface area contributed by atoms with Gasteiger partial charge in [-0.05, 0) is 80.3 Å². The van der Waals surface area contributed by atoms with Crippen molar-refractivity contribution in [2.75, 3.05) is 0 Å². The van der Waals surface area contributed by atoms with Crippen molar-refractivity contribution < 1.29 is 0 Å². The van der Waals surface area contributed by atoms with Crippen molar-refractivity contribution in [3.63, 3.8) is 0 Å². The molecular formula is C56H38N2S. The van der Waals surface area contributed by atoms with E-state index in [0.717, 1.165) is 46.7 Å². The lowest BCUT2D eigenvalue weighted by Crippen LogP contribution is -1.98. The molecule has 0 fully saturated rings. The summed E-state index contributed by atoms with van der Waals surface area (Å²) >= 11 is 1.91. The van der Waals surface area contributed by atoms with Gasteiger partial charge in [-0.1, -0.05) is 194 Å². The van der Waals surface area contributed by atoms with Crippen LogP contribution in [0.4, 0.5) is 0 Å². The van der Waals surface area contributed by atoms with Gasteiger partial charge in [0.25, 0.3) is 0 Å². The van der Waals surface area contributed by atoms with E-state index in [0.29, 0.717) is 0 Å². The predicted molar refractivity (Wildman–Crippen MR) is 249 cm³/mol. The van der Waals surface area contributed by atoms with E-state index in [1.807, 2.05) is 23.5 Å². The van der Waals surface area contributed by atoms with E-state index in [1.165, 1.54) is 75.8 Å². The number of fused-ring (bicyclic) bond motifs is 6. The third-order valence-corrected chi connectivity index (χ3v) is 12.8. The van der Waals surface area contributed by atoms with Crippen molar-refractivity contribution in [1.29, 1.82) is 0 Å². The van der Waals surface area contributed by atoms with Crippen LogP contribution in [0.5, 0.6) is 0 Å². The highest BCUT2D eigenvalue weighted by Crippen LogP contribution is 2.47. The summed E-state index contributed by atoms with van der Waals surface area (Å²) < 4.78 is 1.32. The maximum Gasteiger partial charge on any atom is 0.160 e. The molecule has 0 aliphatic heterocycles. The Labute approximate surface area is 348 Å². The van der Waals surface area contributed by atoms with Crippen LogP contribution < -0.4 is 0 Å². The Kier molecular flexibility index (Phi) is 8.87. The number of benzene rings is 8. The zero-order chi connectivity index (χ0) is 39.1. The summed E-state index contributed by atoms with van der Waals surface area (Å²) in [4.78, 5) is 11.5. The molecule has 11 rings (SSSR count). The summed E-state index contributed by atoms with van der Waals surface area (Å²) in [5.41, 5.74) is 16.5. The van der Waals surface area contributed by atoms with Crippen LogP contribution in [-0.2, 0) is 6.42 Å². The summed E-state index contributed by atoms with van der Waals surface area (Å²) in [6, 6.07) is 72.0. The van der Waals surface area contributed by atoms with Crippen LogP contribution in [-0.4, -0.2) is 9.97 Å². The lowest BCUT2D eigenvalue weighted by molar-refractivity contribution is 1.00. The van der Waals surface area contributed by atoms with Crippen LogP contribution >= 0.6 is 11.3 Å². The van der Waals surface area contributed by atoms with Crippen LogP contribution in [0.15, 0.2) is 206 Å². The minimum absolute atomic E-state index is 0.720. The highest BCUT2D eigenvalue weighted by molar-refractivity contribution is 7.22. The van der Waals surface area contributed by atoms with E-state index in [-0.39, 0.29) is 0 Å². The Morgan fingerprint density at radius 3 is 1.75 bits per heavy atom. The molecule has 278 valence electrons. The van der Waals surface area contributed by atoms with Crippen molar-refractivity contribution in [3.8, 4) is 66.6 Å². The molecule has 0 saturated carbocycles. The second-order valence-electron chi connectivity index (χ2n) is 15.2. The van der Waals surface area contributed by atoms with E-state index in [9.17, 15) is 0 Å². The quantitative estimate of drug-likeness (QED) is 0.168. The first-order valence-electron chi connectivity index (χ1n) is 20.3. The van der Waals surface area contributed by atoms with E-state index in [1.54, 1.807) is 0 Å². The van der Waals surface area contributed by atoms with Crippen molar-refractivity contribution in [2.45, 2.75) is 12.8 Å². The highest BCUT2D eigenvalue weighted by atomic mass is 32.1. The molecule has 0 radical (unpaired) electrons. The molecule has 2 nitrogen and oxygen atoms in total. The first-order chi connectivity index (χ1) is 29.2. The van der Waals surface area contributed by atoms with Crippen molar-refractivity contribution in [3.05, 3.63) is 223 Å². The Bertz CT molecular complexity index is 3120. The monoisotopic (exact) mass is 770 g/mol. The number of allylic oxidation sites excluding steroid dienone is 1. The molecule has 1 aliphatic rings. The number of hydrogen-bond acceptors (Lipinski definition) is 3. The fraction of sp³-hybridized carbons (Fsp3) is 0.0357. The SMILES string of the molecule is C1=C(c2ccc(-c3cccc4ccccc34)cc2)c2c(sc3ccccc23)-c2ccc(-c3ccc(-c4nc(-c5ccccc5)cc(-c5ccccc5)n4)cc3)cc2CC1. The maximum atomic E-state index is 5.06. The van der Waals surface area contributed by atoms with Gasteiger partial charge in [-0.2, -0.15) is 0 Å². The number of rotatable bonds is 6. The van der Waals surface area contributed by atoms with Crippen LogP contribution in [0.3, 0.4) is 0 Å². The van der Waals surface area contributed by atoms with Crippen LogP contribution in [0.1, 0.15) is 23.1 Å². The first-order valence-corrected chi connectivity index (χ1v) is 21.1. The Morgan fingerprint density at radius 2 is 1.00 bits per heavy atom. The van der Waals surface area contributed by atoms with Gasteiger partial charge in [0.1, 0.15) is 0 Å². The molecule has 3 heteroatoms. The molecule has 0 spiro atoms. The second kappa shape index (κ2) is 14.9. The average molecular weight is 771 g/mol. The van der Waals surface area contributed by atoms with Gasteiger partial charge in [0, 0.05) is 37.2 Å². The molecule has 0 atom stereocenters. The molecule has 2 heterocycles. The molecule has 2 aromatic heterocycles. The lowest BCUT2D eigenvalue weighted by Gasteiger charge is -2.18. The first kappa shape index (κ1) is 35.0. The number of thiophene rings is 1. The van der Waals surface area contributed by atoms with Gasteiger partial charge in [0.15, 0.2) is 5.82 Å². The van der Waals surface area contributed by atoms with Gasteiger partial charge in [0.05, 0.1) is 11.4 Å². The fourth-order valence-electron chi connectivity index (χ4n) is 8.65. The van der Waals surface area contributed by atoms with Gasteiger partial charge in [0.2, 0.25) is 0 Å². The molecule has 0 unspecified atom stereocenters. The van der Waals surface area contributed by atoms with Gasteiger partial charge in [-0.25, -0.2) is 9.97 Å². The molecule has 0 amide bonds. The molecule has 59 heavy (non-hydrogen) atoms. The fourth-order valence-corrected chi connectivity index (χ4v) is 9.93. The minimum Gasteiger partial charge on any atom is -0.228 e. The van der Waals surface area contributed by atoms with E-state index >= 15 is 0 Å². The molecule has 10 aromatic rings. The van der Waals surface area contributed by atoms with Crippen LogP contribution in [0.25, 0.3) is 93.0 Å². The zero-order valence-corrected chi connectivity index (χ0v) is 33.2. The third kappa shape index (κ3) is 6.56. The maximum absolute atomic E-state index is 5.06. The van der Waals surface area contributed by atoms with Crippen molar-refractivity contribution >= 4 is 37.8 Å². The van der Waals surface area contributed by atoms with E-state index in [4.69, 9.17) is 9.97 Å². The largest absolute Gasteiger partial charge is 0.228 e. The minimum atomic E-state index is 0.720. The topological polar surface area (TPSA) is 25.8 Å². The third-order valence-electron chi connectivity index (χ3n) is 11.6. The number of nitrogens with zero attached hydrogens (tertiary/aromatic N) is 2. The number of hydrogen-bond donors (Lipinski definition) is 0. The number of aryl methyl sites for hydroxylation is 1. The summed E-state index contributed by atoms with van der Waals surface area (Å²) in [5.74, 6) is 0.720. The summed E-state index contributed by atoms with van der Waals surface area (Å²) in [5, 5.41) is 3.87. The Morgan fingerprint density at radius 1 is 0.407 bits per heavy atom. The van der Waals surface area contributed by atoms with E-state index in [2.05, 4.69) is 194 Å². The summed E-state index contributed by atoms with van der Waals surface area (Å²) in [7, 11) is 0. The van der Waals surface area contributed by atoms with Gasteiger partial charge in [-0.3, -0.25) is 0 Å². The molecule has 0 saturated heterocycles. The molecule has 0 N–H and O–H groups in total. The highest BCUT2D eigenvalue weighted by Gasteiger charge is 2.23. The molecule has 0 bridgehead atoms. The second-order valence-corrected chi connectivity index (χ2v) is 16.3. The van der Waals surface area contributed by atoms with Gasteiger partial charge >= 0.3 is 0 Å². The lowest BCUT2D eigenvalue weighted by atomic mass is 9.86. The van der Waals surface area contributed by atoms with Crippen molar-refractivity contribution in [1.82, 2.24) is 9.97 Å². The van der Waals surface area contributed by atoms with Gasteiger partial charge < -0.3 is 0 Å². The van der Waals surface area contributed by atoms with E-state index < -0.39 is 0 Å². The summed E-state index contributed by atoms with van der Waals surface area (Å²) in [6.07, 6.45) is 4.40. The normalized spacial score (nSPS) is 12.4.